The minimum atomic E-state index is -3.82. The van der Waals surface area contributed by atoms with Crippen LogP contribution in [0, 0.1) is 0 Å². The van der Waals surface area contributed by atoms with Gasteiger partial charge in [0, 0.05) is 17.4 Å². The molecule has 0 saturated carbocycles. The molecule has 3 N–H and O–H groups in total. The third kappa shape index (κ3) is 6.14. The number of ether oxygens (including phenoxy) is 1. The highest BCUT2D eigenvalue weighted by molar-refractivity contribution is 7.92. The summed E-state index contributed by atoms with van der Waals surface area (Å²) < 4.78 is 32.6. The molecule has 0 aliphatic heterocycles. The molecule has 0 bridgehead atoms. The van der Waals surface area contributed by atoms with Gasteiger partial charge < -0.3 is 15.4 Å². The number of hydrogen-bond donors (Lipinski definition) is 3. The molecule has 1 atom stereocenters. The molecule has 3 aromatic rings. The van der Waals surface area contributed by atoms with Crippen molar-refractivity contribution in [3.63, 3.8) is 0 Å². The third-order valence-electron chi connectivity index (χ3n) is 4.86. The van der Waals surface area contributed by atoms with Gasteiger partial charge in [-0.15, -0.1) is 0 Å². The summed E-state index contributed by atoms with van der Waals surface area (Å²) >= 11 is 5.36. The summed E-state index contributed by atoms with van der Waals surface area (Å²) in [5.41, 5.74) is 2.81. The van der Waals surface area contributed by atoms with E-state index < -0.39 is 10.0 Å². The fourth-order valence-electron chi connectivity index (χ4n) is 2.85. The zero-order chi connectivity index (χ0) is 23.1. The number of thiocarbonyl (C=S) groups is 1. The Labute approximate surface area is 193 Å². The van der Waals surface area contributed by atoms with Crippen molar-refractivity contribution in [2.24, 2.45) is 0 Å². The van der Waals surface area contributed by atoms with Gasteiger partial charge >= 0.3 is 0 Å². The van der Waals surface area contributed by atoms with Crippen molar-refractivity contribution in [2.75, 3.05) is 22.5 Å². The molecule has 0 radical (unpaired) electrons. The van der Waals surface area contributed by atoms with E-state index in [0.717, 1.165) is 12.1 Å². The molecule has 0 amide bonds. The maximum absolute atomic E-state index is 12.6. The molecule has 10 heteroatoms. The summed E-state index contributed by atoms with van der Waals surface area (Å²) in [5, 5.41) is 6.58. The van der Waals surface area contributed by atoms with Crippen LogP contribution in [0.5, 0.6) is 5.88 Å². The second-order valence-electron chi connectivity index (χ2n) is 7.09. The Morgan fingerprint density at radius 3 is 2.19 bits per heavy atom. The van der Waals surface area contributed by atoms with Crippen LogP contribution in [0.25, 0.3) is 0 Å². The minimum absolute atomic E-state index is 0.0835. The highest BCUT2D eigenvalue weighted by Gasteiger charge is 2.15. The molecule has 0 saturated heterocycles. The maximum atomic E-state index is 12.6. The van der Waals surface area contributed by atoms with Crippen molar-refractivity contribution in [3.05, 3.63) is 66.5 Å². The molecular formula is C22H25N5O3S2. The molecule has 1 heterocycles. The van der Waals surface area contributed by atoms with E-state index in [1.807, 2.05) is 12.1 Å². The van der Waals surface area contributed by atoms with E-state index in [-0.39, 0.29) is 16.6 Å². The zero-order valence-corrected chi connectivity index (χ0v) is 19.6. The highest BCUT2D eigenvalue weighted by atomic mass is 32.2. The van der Waals surface area contributed by atoms with Crippen LogP contribution in [0.15, 0.2) is 65.8 Å². The van der Waals surface area contributed by atoms with Crippen LogP contribution in [0.4, 0.5) is 17.2 Å². The number of aromatic nitrogens is 2. The Balaban J connectivity index is 1.61. The van der Waals surface area contributed by atoms with Crippen LogP contribution < -0.4 is 20.1 Å². The van der Waals surface area contributed by atoms with Crippen molar-refractivity contribution >= 4 is 44.5 Å². The van der Waals surface area contributed by atoms with E-state index in [1.165, 1.54) is 37.2 Å². The number of rotatable bonds is 8. The summed E-state index contributed by atoms with van der Waals surface area (Å²) in [6.07, 6.45) is 2.30. The van der Waals surface area contributed by atoms with E-state index in [1.54, 1.807) is 12.1 Å². The van der Waals surface area contributed by atoms with Gasteiger partial charge in [-0.3, -0.25) is 4.72 Å². The highest BCUT2D eigenvalue weighted by Crippen LogP contribution is 2.21. The zero-order valence-electron chi connectivity index (χ0n) is 18.0. The van der Waals surface area contributed by atoms with Crippen molar-refractivity contribution in [2.45, 2.75) is 31.1 Å². The predicted molar refractivity (Wildman–Crippen MR) is 131 cm³/mol. The van der Waals surface area contributed by atoms with Crippen molar-refractivity contribution in [3.8, 4) is 5.88 Å². The molecule has 0 aliphatic carbocycles. The number of methoxy groups -OCH3 is 1. The van der Waals surface area contributed by atoms with Gasteiger partial charge in [-0.1, -0.05) is 26.0 Å². The lowest BCUT2D eigenvalue weighted by Crippen LogP contribution is -2.19. The minimum Gasteiger partial charge on any atom is -0.481 e. The molecular weight excluding hydrogens is 446 g/mol. The van der Waals surface area contributed by atoms with E-state index in [4.69, 9.17) is 17.0 Å². The average molecular weight is 472 g/mol. The van der Waals surface area contributed by atoms with Gasteiger partial charge in [0.05, 0.1) is 12.0 Å². The molecule has 32 heavy (non-hydrogen) atoms. The Bertz CT molecular complexity index is 1170. The first-order valence-electron chi connectivity index (χ1n) is 9.97. The van der Waals surface area contributed by atoms with Gasteiger partial charge in [-0.05, 0) is 66.5 Å². The van der Waals surface area contributed by atoms with Crippen molar-refractivity contribution in [1.29, 1.82) is 0 Å². The second kappa shape index (κ2) is 10.4. The van der Waals surface area contributed by atoms with Gasteiger partial charge in [0.25, 0.3) is 10.0 Å². The lowest BCUT2D eigenvalue weighted by Gasteiger charge is -2.13. The maximum Gasteiger partial charge on any atom is 0.263 e. The molecule has 3 rings (SSSR count). The summed E-state index contributed by atoms with van der Waals surface area (Å²) in [6.45, 7) is 4.36. The molecule has 1 aromatic heterocycles. The summed E-state index contributed by atoms with van der Waals surface area (Å²) in [5.74, 6) is 0.881. The van der Waals surface area contributed by atoms with Gasteiger partial charge in [0.2, 0.25) is 5.88 Å². The predicted octanol–water partition coefficient (Wildman–Crippen LogP) is 4.61. The van der Waals surface area contributed by atoms with E-state index >= 15 is 0 Å². The lowest BCUT2D eigenvalue weighted by atomic mass is 9.99. The molecule has 0 aliphatic rings. The molecule has 0 fully saturated rings. The largest absolute Gasteiger partial charge is 0.481 e. The molecule has 2 aromatic carbocycles. The Morgan fingerprint density at radius 2 is 1.62 bits per heavy atom. The van der Waals surface area contributed by atoms with E-state index in [9.17, 15) is 8.42 Å². The number of benzene rings is 2. The summed E-state index contributed by atoms with van der Waals surface area (Å²) in [7, 11) is -2.38. The van der Waals surface area contributed by atoms with Crippen LogP contribution in [-0.4, -0.2) is 30.6 Å². The lowest BCUT2D eigenvalue weighted by molar-refractivity contribution is 0.397. The number of anilines is 3. The van der Waals surface area contributed by atoms with Gasteiger partial charge in [-0.2, -0.15) is 0 Å². The fourth-order valence-corrected chi connectivity index (χ4v) is 4.08. The first kappa shape index (κ1) is 23.4. The third-order valence-corrected chi connectivity index (χ3v) is 6.44. The number of sulfonamides is 1. The van der Waals surface area contributed by atoms with Crippen LogP contribution in [0.1, 0.15) is 31.7 Å². The number of hydrogen-bond acceptors (Lipinski definition) is 6. The van der Waals surface area contributed by atoms with Crippen LogP contribution >= 0.6 is 12.2 Å². The standard InChI is InChI=1S/C22H25N5O3S2/c1-4-15(2)16-5-7-17(8-6-16)25-22(31)26-18-9-11-19(12-10-18)32(28,29)27-20-13-21(30-3)24-14-23-20/h5-15H,4H2,1-3H3,(H,23,24,27)(H2,25,26,31). The van der Waals surface area contributed by atoms with Crippen LogP contribution in [0.2, 0.25) is 0 Å². The first-order valence-corrected chi connectivity index (χ1v) is 11.9. The second-order valence-corrected chi connectivity index (χ2v) is 9.18. The monoisotopic (exact) mass is 471 g/mol. The Morgan fingerprint density at radius 1 is 1.03 bits per heavy atom. The van der Waals surface area contributed by atoms with Crippen LogP contribution in [-0.2, 0) is 10.0 Å². The quantitative estimate of drug-likeness (QED) is 0.409. The number of nitrogens with zero attached hydrogens (tertiary/aromatic N) is 2. The van der Waals surface area contributed by atoms with Gasteiger partial charge in [0.15, 0.2) is 5.11 Å². The van der Waals surface area contributed by atoms with Crippen molar-refractivity contribution < 1.29 is 13.2 Å². The smallest absolute Gasteiger partial charge is 0.263 e. The first-order chi connectivity index (χ1) is 15.3. The summed E-state index contributed by atoms with van der Waals surface area (Å²) in [6, 6.07) is 15.8. The topological polar surface area (TPSA) is 105 Å². The summed E-state index contributed by atoms with van der Waals surface area (Å²) in [4.78, 5) is 7.83. The molecule has 0 spiro atoms. The molecule has 168 valence electrons. The Hall–Kier alpha value is -3.24. The van der Waals surface area contributed by atoms with E-state index in [0.29, 0.717) is 16.7 Å². The fraction of sp³-hybridized carbons (Fsp3) is 0.227. The Kier molecular flexibility index (Phi) is 7.60. The molecule has 1 unspecified atom stereocenters. The van der Waals surface area contributed by atoms with Gasteiger partial charge in [-0.25, -0.2) is 18.4 Å². The number of nitrogens with one attached hydrogen (secondary N) is 3. The van der Waals surface area contributed by atoms with Crippen LogP contribution in [0.3, 0.4) is 0 Å². The van der Waals surface area contributed by atoms with Gasteiger partial charge in [0.1, 0.15) is 12.1 Å². The van der Waals surface area contributed by atoms with Crippen molar-refractivity contribution in [1.82, 2.24) is 9.97 Å². The molecule has 8 nitrogen and oxygen atoms in total. The average Bonchev–Trinajstić information content (AvgIpc) is 2.79. The SMILES string of the molecule is CCC(C)c1ccc(NC(=S)Nc2ccc(S(=O)(=O)Nc3cc(OC)ncn3)cc2)cc1. The van der Waals surface area contributed by atoms with E-state index in [2.05, 4.69) is 51.3 Å². The normalized spacial score (nSPS) is 12.0.